The Morgan fingerprint density at radius 1 is 0.518 bits per heavy atom. The van der Waals surface area contributed by atoms with Crippen LogP contribution in [0, 0.1) is 12.8 Å². The second kappa shape index (κ2) is 37.2. The molecule has 5 aromatic carbocycles. The van der Waals surface area contributed by atoms with Gasteiger partial charge in [-0.3, -0.25) is 19.2 Å². The Balaban J connectivity index is 0.873. The van der Waals surface area contributed by atoms with Crippen LogP contribution in [0.5, 0.6) is 0 Å². The largest absolute Gasteiger partial charge is 0.460 e. The minimum Gasteiger partial charge on any atom is -0.460 e. The molecule has 85 heavy (non-hydrogen) atoms. The quantitative estimate of drug-likeness (QED) is 0.0166. The number of rotatable bonds is 41. The highest BCUT2D eigenvalue weighted by molar-refractivity contribution is 6.31. The van der Waals surface area contributed by atoms with Crippen LogP contribution in [0.1, 0.15) is 182 Å². The number of hydrogen-bond donors (Lipinski definition) is 2. The average Bonchev–Trinajstić information content (AvgIpc) is 1.99. The predicted molar refractivity (Wildman–Crippen MR) is 336 cm³/mol. The van der Waals surface area contributed by atoms with Crippen molar-refractivity contribution in [2.45, 2.75) is 167 Å². The number of ether oxygens (including phenoxy) is 6. The van der Waals surface area contributed by atoms with Crippen LogP contribution in [0.3, 0.4) is 0 Å². The molecule has 0 saturated heterocycles. The number of carbonyl (C=O) groups is 5. The van der Waals surface area contributed by atoms with Crippen molar-refractivity contribution in [3.8, 4) is 11.1 Å². The molecule has 0 radical (unpaired) electrons. The fourth-order valence-electron chi connectivity index (χ4n) is 10.9. The van der Waals surface area contributed by atoms with E-state index in [4.69, 9.17) is 40.0 Å². The number of unbranched alkanes of at least 4 members (excludes halogenated alkanes) is 11. The third-order valence-corrected chi connectivity index (χ3v) is 15.6. The van der Waals surface area contributed by atoms with Crippen LogP contribution in [0.15, 0.2) is 127 Å². The average molecular weight is 1190 g/mol. The van der Waals surface area contributed by atoms with Gasteiger partial charge in [-0.05, 0) is 88.1 Å². The highest BCUT2D eigenvalue weighted by atomic mass is 35.5. The Hall–Kier alpha value is -6.38. The summed E-state index contributed by atoms with van der Waals surface area (Å²) in [5.41, 5.74) is 5.87. The fourth-order valence-corrected chi connectivity index (χ4v) is 11.1. The summed E-state index contributed by atoms with van der Waals surface area (Å²) in [6.45, 7) is 11.3. The molecule has 0 fully saturated rings. The van der Waals surface area contributed by atoms with Crippen molar-refractivity contribution in [1.29, 1.82) is 0 Å². The van der Waals surface area contributed by atoms with Gasteiger partial charge in [0.05, 0.1) is 32.3 Å². The second-order valence-electron chi connectivity index (χ2n) is 23.3. The predicted octanol–water partition coefficient (Wildman–Crippen LogP) is 15.1. The molecule has 0 heterocycles. The van der Waals surface area contributed by atoms with E-state index in [1.807, 2.05) is 125 Å². The Morgan fingerprint density at radius 3 is 1.59 bits per heavy atom. The van der Waals surface area contributed by atoms with Crippen LogP contribution in [0.4, 0.5) is 4.79 Å². The van der Waals surface area contributed by atoms with Crippen molar-refractivity contribution in [2.75, 3.05) is 59.3 Å². The van der Waals surface area contributed by atoms with Crippen LogP contribution in [0.2, 0.25) is 5.02 Å². The molecule has 0 aliphatic heterocycles. The summed E-state index contributed by atoms with van der Waals surface area (Å²) < 4.78 is 34.9. The Labute approximate surface area is 511 Å². The molecular formula is C71H93ClN2O11. The summed E-state index contributed by atoms with van der Waals surface area (Å²) >= 11 is 6.99. The van der Waals surface area contributed by atoms with E-state index in [2.05, 4.69) is 34.9 Å². The van der Waals surface area contributed by atoms with E-state index in [0.717, 1.165) is 56.9 Å². The first-order valence-corrected chi connectivity index (χ1v) is 31.6. The van der Waals surface area contributed by atoms with Gasteiger partial charge in [-0.25, -0.2) is 4.79 Å². The van der Waals surface area contributed by atoms with Gasteiger partial charge in [0, 0.05) is 79.6 Å². The van der Waals surface area contributed by atoms with Crippen LogP contribution < -0.4 is 10.6 Å². The summed E-state index contributed by atoms with van der Waals surface area (Å²) in [5.74, 6) is -1.81. The molecule has 1 aliphatic rings. The number of fused-ring (bicyclic) bond motifs is 3. The zero-order valence-electron chi connectivity index (χ0n) is 50.9. The van der Waals surface area contributed by atoms with Crippen LogP contribution >= 0.6 is 11.6 Å². The number of ketones is 1. The Bertz CT molecular complexity index is 2750. The SMILES string of the molecule is Cc1ccc(C(OC(=O)[C@H](CCC(=O)NCCCOCCOCCOCCCNC(=O)OCC2c3ccccc3-c3ccccc32)CC(=O)CCCCCCCCCCCCCCC(=O)OC(C)(C)C)(c2ccccc2)c2ccccc2Cl)cc1. The maximum atomic E-state index is 14.9. The van der Waals surface area contributed by atoms with Crippen LogP contribution in [0.25, 0.3) is 11.1 Å². The van der Waals surface area contributed by atoms with E-state index >= 15 is 0 Å². The van der Waals surface area contributed by atoms with Gasteiger partial charge < -0.3 is 39.1 Å². The number of Topliss-reactive ketones (excluding diaryl/α,β-unsaturated/α-hetero) is 1. The maximum absolute atomic E-state index is 14.9. The topological polar surface area (TPSA) is 165 Å². The van der Waals surface area contributed by atoms with E-state index in [-0.39, 0.29) is 49.4 Å². The molecule has 13 nitrogen and oxygen atoms in total. The number of alkyl carbamates (subject to hydrolysis) is 1. The number of hydrogen-bond acceptors (Lipinski definition) is 11. The minimum absolute atomic E-state index is 0.0145. The number of esters is 2. The van der Waals surface area contributed by atoms with Crippen molar-refractivity contribution >= 4 is 41.3 Å². The van der Waals surface area contributed by atoms with Gasteiger partial charge in [-0.1, -0.05) is 203 Å². The summed E-state index contributed by atoms with van der Waals surface area (Å²) in [4.78, 5) is 66.4. The first kappa shape index (κ1) is 67.7. The molecule has 2 N–H and O–H groups in total. The monoisotopic (exact) mass is 1180 g/mol. The van der Waals surface area contributed by atoms with Gasteiger partial charge in [-0.15, -0.1) is 0 Å². The lowest BCUT2D eigenvalue weighted by Gasteiger charge is -2.37. The third-order valence-electron chi connectivity index (χ3n) is 15.3. The number of halogens is 1. The molecule has 2 atom stereocenters. The number of carbonyl (C=O) groups excluding carboxylic acids is 5. The van der Waals surface area contributed by atoms with Crippen molar-refractivity contribution in [2.24, 2.45) is 5.92 Å². The van der Waals surface area contributed by atoms with E-state index in [1.54, 1.807) is 6.07 Å². The molecule has 0 spiro atoms. The highest BCUT2D eigenvalue weighted by Crippen LogP contribution is 2.46. The summed E-state index contributed by atoms with van der Waals surface area (Å²) in [7, 11) is 0. The molecule has 460 valence electrons. The molecule has 2 amide bonds. The van der Waals surface area contributed by atoms with E-state index in [1.165, 1.54) is 47.9 Å². The minimum atomic E-state index is -1.45. The fraction of sp³-hybridized carbons (Fsp3) is 0.507. The van der Waals surface area contributed by atoms with Crippen LogP contribution in [-0.2, 0) is 53.2 Å². The van der Waals surface area contributed by atoms with E-state index in [0.29, 0.717) is 100 Å². The Kier molecular flexibility index (Phi) is 29.7. The molecule has 1 aliphatic carbocycles. The standard InChI is InChI=1S/C71H93ClN2O11/c1-54-38-41-57(42-39-54)71(56-28-16-15-17-29-56,64-35-24-25-36-65(64)72)85-68(78)55(52-58(75)30-18-13-11-9-7-5-6-8-10-12-14-19-37-67(77)84-70(2,3)4)40-43-66(76)73-44-26-46-80-48-50-82-51-49-81-47-27-45-74-69(79)83-53-63-61-33-22-20-31-59(61)60-32-21-23-34-62(60)63/h15-17,20-25,28-29,31-36,38-39,41-42,55,63H,5-14,18-19,26-27,30,37,40,43-53H2,1-4H3,(H,73,76)(H,74,79)/t55-,71?/m1/s1. The molecule has 14 heteroatoms. The molecular weight excluding hydrogens is 1090 g/mol. The van der Waals surface area contributed by atoms with Gasteiger partial charge in [0.1, 0.15) is 18.0 Å². The normalized spacial score (nSPS) is 13.0. The van der Waals surface area contributed by atoms with Gasteiger partial charge in [-0.2, -0.15) is 0 Å². The zero-order chi connectivity index (χ0) is 60.5. The molecule has 0 saturated carbocycles. The molecule has 5 aromatic rings. The summed E-state index contributed by atoms with van der Waals surface area (Å²) in [6, 6.07) is 41.2. The third kappa shape index (κ3) is 23.4. The molecule has 0 bridgehead atoms. The van der Waals surface area contributed by atoms with Gasteiger partial charge in [0.25, 0.3) is 0 Å². The zero-order valence-corrected chi connectivity index (χ0v) is 51.7. The van der Waals surface area contributed by atoms with Crippen molar-refractivity contribution in [1.82, 2.24) is 10.6 Å². The number of amides is 2. The highest BCUT2D eigenvalue weighted by Gasteiger charge is 2.44. The second-order valence-corrected chi connectivity index (χ2v) is 23.7. The number of benzene rings is 5. The maximum Gasteiger partial charge on any atom is 0.407 e. The molecule has 0 aromatic heterocycles. The first-order chi connectivity index (χ1) is 41.2. The number of aryl methyl sites for hydroxylation is 1. The van der Waals surface area contributed by atoms with Crippen molar-refractivity contribution in [3.05, 3.63) is 166 Å². The summed E-state index contributed by atoms with van der Waals surface area (Å²) in [6.07, 6.45) is 14.5. The lowest BCUT2D eigenvalue weighted by atomic mass is 9.79. The Morgan fingerprint density at radius 2 is 1.01 bits per heavy atom. The van der Waals surface area contributed by atoms with Gasteiger partial charge in [0.2, 0.25) is 5.91 Å². The van der Waals surface area contributed by atoms with E-state index in [9.17, 15) is 24.0 Å². The summed E-state index contributed by atoms with van der Waals surface area (Å²) in [5, 5.41) is 6.20. The van der Waals surface area contributed by atoms with E-state index < -0.39 is 29.2 Å². The molecule has 6 rings (SSSR count). The van der Waals surface area contributed by atoms with Crippen molar-refractivity contribution in [3.63, 3.8) is 0 Å². The van der Waals surface area contributed by atoms with Crippen molar-refractivity contribution < 1.29 is 52.4 Å². The van der Waals surface area contributed by atoms with Crippen LogP contribution in [-0.4, -0.2) is 94.7 Å². The smallest absolute Gasteiger partial charge is 0.407 e. The first-order valence-electron chi connectivity index (χ1n) is 31.2. The van der Waals surface area contributed by atoms with Gasteiger partial charge >= 0.3 is 18.0 Å². The lowest BCUT2D eigenvalue weighted by Crippen LogP contribution is -2.38. The number of nitrogens with one attached hydrogen (secondary N) is 2. The lowest BCUT2D eigenvalue weighted by molar-refractivity contribution is -0.160. The molecule has 1 unspecified atom stereocenters. The van der Waals surface area contributed by atoms with Gasteiger partial charge in [0.15, 0.2) is 5.60 Å².